The summed E-state index contributed by atoms with van der Waals surface area (Å²) in [4.78, 5) is 42.7. The summed E-state index contributed by atoms with van der Waals surface area (Å²) in [7, 11) is 1.65. The fourth-order valence-electron chi connectivity index (χ4n) is 2.89. The number of rotatable bonds is 8. The molecule has 0 radical (unpaired) electrons. The topological polar surface area (TPSA) is 94.5 Å². The highest BCUT2D eigenvalue weighted by Gasteiger charge is 2.30. The van der Waals surface area contributed by atoms with Gasteiger partial charge in [0.05, 0.1) is 33.8 Å². The Bertz CT molecular complexity index is 1160. The fraction of sp³-hybridized carbons (Fsp3) is 0.250. The molecular weight excluding hydrogens is 524 g/mol. The molecule has 0 unspecified atom stereocenters. The van der Waals surface area contributed by atoms with Gasteiger partial charge in [-0.05, 0) is 83.5 Å². The average molecular weight is 547 g/mol. The summed E-state index contributed by atoms with van der Waals surface area (Å²) in [5.41, 5.74) is 1.71. The molecule has 1 aliphatic heterocycles. The maximum Gasteiger partial charge on any atom is 0.344 e. The van der Waals surface area contributed by atoms with Crippen molar-refractivity contribution in [2.45, 2.75) is 13.8 Å². The number of esters is 2. The van der Waals surface area contributed by atoms with Crippen LogP contribution >= 0.6 is 27.7 Å². The van der Waals surface area contributed by atoms with Crippen molar-refractivity contribution in [2.24, 2.45) is 4.99 Å². The van der Waals surface area contributed by atoms with Gasteiger partial charge in [0.1, 0.15) is 5.75 Å². The Kier molecular flexibility index (Phi) is 8.89. The van der Waals surface area contributed by atoms with E-state index in [2.05, 4.69) is 20.9 Å². The summed E-state index contributed by atoms with van der Waals surface area (Å²) >= 11 is 4.66. The number of carbonyl (C=O) groups is 3. The zero-order valence-electron chi connectivity index (χ0n) is 18.9. The van der Waals surface area contributed by atoms with Crippen LogP contribution in [-0.4, -0.2) is 54.8 Å². The molecule has 0 saturated carbocycles. The van der Waals surface area contributed by atoms with Gasteiger partial charge in [-0.3, -0.25) is 9.69 Å². The predicted octanol–water partition coefficient (Wildman–Crippen LogP) is 4.80. The first-order valence-electron chi connectivity index (χ1n) is 10.4. The zero-order chi connectivity index (χ0) is 24.7. The molecule has 1 saturated heterocycles. The lowest BCUT2D eigenvalue weighted by molar-refractivity contribution is -0.145. The van der Waals surface area contributed by atoms with Crippen LogP contribution in [-0.2, 0) is 19.1 Å². The lowest BCUT2D eigenvalue weighted by atomic mass is 10.2. The Morgan fingerprint density at radius 1 is 1.12 bits per heavy atom. The first kappa shape index (κ1) is 25.5. The maximum absolute atomic E-state index is 12.8. The minimum absolute atomic E-state index is 0.191. The van der Waals surface area contributed by atoms with Crippen LogP contribution in [0.2, 0.25) is 0 Å². The number of thioether (sulfide) groups is 1. The Morgan fingerprint density at radius 2 is 1.88 bits per heavy atom. The lowest BCUT2D eigenvalue weighted by Gasteiger charge is -2.08. The van der Waals surface area contributed by atoms with Gasteiger partial charge >= 0.3 is 11.9 Å². The third kappa shape index (κ3) is 6.48. The summed E-state index contributed by atoms with van der Waals surface area (Å²) in [6.45, 7) is 3.86. The van der Waals surface area contributed by atoms with Gasteiger partial charge in [-0.15, -0.1) is 0 Å². The number of benzene rings is 2. The molecular formula is C24H23BrN2O6S. The number of likely N-dealkylation sites (N-methyl/N-ethyl adjacent to an activating group) is 1. The van der Waals surface area contributed by atoms with Crippen molar-refractivity contribution in [1.29, 1.82) is 0 Å². The minimum atomic E-state index is -0.448. The molecule has 1 aliphatic rings. The fourth-order valence-corrected chi connectivity index (χ4v) is 4.39. The molecule has 0 aromatic heterocycles. The van der Waals surface area contributed by atoms with Gasteiger partial charge < -0.3 is 14.2 Å². The zero-order valence-corrected chi connectivity index (χ0v) is 21.3. The van der Waals surface area contributed by atoms with Gasteiger partial charge in [-0.25, -0.2) is 14.6 Å². The summed E-state index contributed by atoms with van der Waals surface area (Å²) in [5.74, 6) is -0.574. The first-order chi connectivity index (χ1) is 16.3. The number of hydrogen-bond donors (Lipinski definition) is 0. The number of hydrogen-bond acceptors (Lipinski definition) is 8. The van der Waals surface area contributed by atoms with E-state index in [1.807, 2.05) is 0 Å². The predicted molar refractivity (Wildman–Crippen MR) is 134 cm³/mol. The summed E-state index contributed by atoms with van der Waals surface area (Å²) in [5, 5.41) is 0.491. The molecule has 0 spiro atoms. The summed E-state index contributed by atoms with van der Waals surface area (Å²) < 4.78 is 16.0. The Hall–Kier alpha value is -3.11. The van der Waals surface area contributed by atoms with Crippen LogP contribution in [0.25, 0.3) is 6.08 Å². The van der Waals surface area contributed by atoms with Gasteiger partial charge in [0.2, 0.25) is 0 Å². The lowest BCUT2D eigenvalue weighted by Crippen LogP contribution is -2.23. The molecule has 0 N–H and O–H groups in total. The molecule has 0 aliphatic carbocycles. The standard InChI is InChI=1S/C24H23BrN2O6S/c1-4-31-21(28)14-33-19-10-9-15(11-18(19)25)12-20-22(29)27(3)24(34-20)26-17-8-6-7-16(13-17)23(30)32-5-2/h6-13H,4-5,14H2,1-3H3. The second kappa shape index (κ2) is 11.8. The van der Waals surface area contributed by atoms with Crippen molar-refractivity contribution < 1.29 is 28.6 Å². The van der Waals surface area contributed by atoms with Crippen molar-refractivity contribution in [3.63, 3.8) is 0 Å². The minimum Gasteiger partial charge on any atom is -0.481 e. The van der Waals surface area contributed by atoms with Crippen molar-refractivity contribution in [3.8, 4) is 5.75 Å². The molecule has 1 heterocycles. The molecule has 10 heteroatoms. The van der Waals surface area contributed by atoms with Crippen LogP contribution in [0.1, 0.15) is 29.8 Å². The van der Waals surface area contributed by atoms with E-state index in [1.54, 1.807) is 69.4 Å². The first-order valence-corrected chi connectivity index (χ1v) is 12.0. The summed E-state index contributed by atoms with van der Waals surface area (Å²) in [6, 6.07) is 12.0. The molecule has 8 nitrogen and oxygen atoms in total. The van der Waals surface area contributed by atoms with Crippen LogP contribution < -0.4 is 4.74 Å². The number of nitrogens with zero attached hydrogens (tertiary/aromatic N) is 2. The van der Waals surface area contributed by atoms with Crippen LogP contribution in [0.4, 0.5) is 5.69 Å². The Labute approximate surface area is 210 Å². The molecule has 0 bridgehead atoms. The van der Waals surface area contributed by atoms with Crippen molar-refractivity contribution >= 4 is 62.5 Å². The highest BCUT2D eigenvalue weighted by atomic mass is 79.9. The normalized spacial score (nSPS) is 15.6. The maximum atomic E-state index is 12.8. The molecule has 178 valence electrons. The molecule has 0 atom stereocenters. The molecule has 34 heavy (non-hydrogen) atoms. The van der Waals surface area contributed by atoms with Crippen molar-refractivity contribution in [1.82, 2.24) is 4.90 Å². The van der Waals surface area contributed by atoms with Gasteiger partial charge in [-0.1, -0.05) is 12.1 Å². The van der Waals surface area contributed by atoms with E-state index in [0.29, 0.717) is 31.5 Å². The second-order valence-corrected chi connectivity index (χ2v) is 8.79. The SMILES string of the molecule is CCOC(=O)COc1ccc(C=C2SC(=Nc3cccc(C(=O)OCC)c3)N(C)C2=O)cc1Br. The van der Waals surface area contributed by atoms with E-state index in [0.717, 1.165) is 5.56 Å². The van der Waals surface area contributed by atoms with Gasteiger partial charge in [-0.2, -0.15) is 0 Å². The van der Waals surface area contributed by atoms with Crippen LogP contribution in [0, 0.1) is 0 Å². The van der Waals surface area contributed by atoms with Gasteiger partial charge in [0, 0.05) is 7.05 Å². The third-order valence-corrected chi connectivity index (χ3v) is 6.17. The van der Waals surface area contributed by atoms with Crippen LogP contribution in [0.3, 0.4) is 0 Å². The monoisotopic (exact) mass is 546 g/mol. The van der Waals surface area contributed by atoms with E-state index in [9.17, 15) is 14.4 Å². The van der Waals surface area contributed by atoms with E-state index in [-0.39, 0.29) is 25.7 Å². The number of aliphatic imine (C=N–C) groups is 1. The van der Waals surface area contributed by atoms with E-state index < -0.39 is 11.9 Å². The smallest absolute Gasteiger partial charge is 0.344 e. The number of halogens is 1. The molecule has 2 aromatic rings. The molecule has 3 rings (SSSR count). The average Bonchev–Trinajstić information content (AvgIpc) is 3.06. The highest BCUT2D eigenvalue weighted by molar-refractivity contribution is 9.10. The largest absolute Gasteiger partial charge is 0.481 e. The Balaban J connectivity index is 1.76. The Morgan fingerprint density at radius 3 is 2.59 bits per heavy atom. The third-order valence-electron chi connectivity index (χ3n) is 4.49. The van der Waals surface area contributed by atoms with E-state index >= 15 is 0 Å². The van der Waals surface area contributed by atoms with Crippen LogP contribution in [0.5, 0.6) is 5.75 Å². The summed E-state index contributed by atoms with van der Waals surface area (Å²) in [6.07, 6.45) is 1.75. The van der Waals surface area contributed by atoms with Crippen molar-refractivity contribution in [3.05, 3.63) is 63.0 Å². The van der Waals surface area contributed by atoms with E-state index in [4.69, 9.17) is 14.2 Å². The molecule has 2 aromatic carbocycles. The van der Waals surface area contributed by atoms with Crippen molar-refractivity contribution in [2.75, 3.05) is 26.9 Å². The van der Waals surface area contributed by atoms with E-state index in [1.165, 1.54) is 16.7 Å². The van der Waals surface area contributed by atoms with Crippen LogP contribution in [0.15, 0.2) is 56.8 Å². The molecule has 1 fully saturated rings. The highest BCUT2D eigenvalue weighted by Crippen LogP contribution is 2.34. The number of amides is 1. The number of amidine groups is 1. The molecule has 1 amide bonds. The second-order valence-electron chi connectivity index (χ2n) is 6.92. The number of carbonyl (C=O) groups excluding carboxylic acids is 3. The quantitative estimate of drug-likeness (QED) is 0.346. The van der Waals surface area contributed by atoms with Gasteiger partial charge in [0.25, 0.3) is 5.91 Å². The van der Waals surface area contributed by atoms with Gasteiger partial charge in [0.15, 0.2) is 11.8 Å². The number of ether oxygens (including phenoxy) is 3.